The maximum absolute atomic E-state index is 12.1. The van der Waals surface area contributed by atoms with E-state index in [0.717, 1.165) is 25.2 Å². The van der Waals surface area contributed by atoms with Crippen LogP contribution >= 0.6 is 0 Å². The lowest BCUT2D eigenvalue weighted by Crippen LogP contribution is -2.33. The number of rotatable bonds is 5. The van der Waals surface area contributed by atoms with Crippen molar-refractivity contribution >= 4 is 10.0 Å². The minimum absolute atomic E-state index is 0.00435. The van der Waals surface area contributed by atoms with Crippen molar-refractivity contribution in [3.05, 3.63) is 0 Å². The number of hydrogen-bond donors (Lipinski definition) is 1. The first kappa shape index (κ1) is 13.4. The minimum atomic E-state index is -3.27. The summed E-state index contributed by atoms with van der Waals surface area (Å²) in [5.74, 6) is 1.30. The standard InChI is InChI=1S/C14H22N2O2S/c15-9-14(6-7-14)10-19(17,18)16-13-8-12(13)11-4-2-1-3-5-11/h11-13,16H,1-8,10H2/t12-,13+/m1/s1. The van der Waals surface area contributed by atoms with Gasteiger partial charge in [-0.3, -0.25) is 0 Å². The number of nitrogens with zero attached hydrogens (tertiary/aromatic N) is 1. The van der Waals surface area contributed by atoms with Crippen molar-refractivity contribution in [1.29, 1.82) is 5.26 Å². The molecule has 0 saturated heterocycles. The second-order valence-electron chi connectivity index (χ2n) is 6.67. The van der Waals surface area contributed by atoms with Gasteiger partial charge < -0.3 is 0 Å². The Kier molecular flexibility index (Phi) is 3.34. The predicted molar refractivity (Wildman–Crippen MR) is 72.7 cm³/mol. The molecule has 0 aromatic rings. The Morgan fingerprint density at radius 1 is 1.21 bits per heavy atom. The van der Waals surface area contributed by atoms with Gasteiger partial charge in [-0.15, -0.1) is 0 Å². The molecule has 0 radical (unpaired) electrons. The van der Waals surface area contributed by atoms with Gasteiger partial charge in [0.1, 0.15) is 0 Å². The molecule has 0 aliphatic heterocycles. The van der Waals surface area contributed by atoms with Gasteiger partial charge in [0.2, 0.25) is 10.0 Å². The van der Waals surface area contributed by atoms with Gasteiger partial charge in [-0.05, 0) is 31.1 Å². The summed E-state index contributed by atoms with van der Waals surface area (Å²) >= 11 is 0. The summed E-state index contributed by atoms with van der Waals surface area (Å²) < 4.78 is 27.0. The largest absolute Gasteiger partial charge is 0.213 e. The van der Waals surface area contributed by atoms with Crippen LogP contribution in [0, 0.1) is 28.6 Å². The van der Waals surface area contributed by atoms with E-state index < -0.39 is 15.4 Å². The van der Waals surface area contributed by atoms with Crippen LogP contribution in [0.2, 0.25) is 0 Å². The Morgan fingerprint density at radius 2 is 1.89 bits per heavy atom. The Balaban J connectivity index is 1.51. The molecule has 0 heterocycles. The number of nitrogens with one attached hydrogen (secondary N) is 1. The van der Waals surface area contributed by atoms with Crippen LogP contribution in [0.4, 0.5) is 0 Å². The number of sulfonamides is 1. The summed E-state index contributed by atoms with van der Waals surface area (Å²) in [6, 6.07) is 2.31. The molecular weight excluding hydrogens is 260 g/mol. The van der Waals surface area contributed by atoms with E-state index in [2.05, 4.69) is 10.8 Å². The van der Waals surface area contributed by atoms with Gasteiger partial charge in [0.05, 0.1) is 17.2 Å². The zero-order valence-electron chi connectivity index (χ0n) is 11.3. The van der Waals surface area contributed by atoms with Gasteiger partial charge in [-0.1, -0.05) is 32.1 Å². The number of hydrogen-bond acceptors (Lipinski definition) is 3. The highest BCUT2D eigenvalue weighted by Gasteiger charge is 2.50. The molecular formula is C14H22N2O2S. The molecule has 3 aliphatic carbocycles. The van der Waals surface area contributed by atoms with Crippen molar-refractivity contribution in [3.63, 3.8) is 0 Å². The molecule has 0 unspecified atom stereocenters. The predicted octanol–water partition coefficient (Wildman–Crippen LogP) is 2.18. The topological polar surface area (TPSA) is 70.0 Å². The maximum Gasteiger partial charge on any atom is 0.213 e. The van der Waals surface area contributed by atoms with Crippen LogP contribution in [0.25, 0.3) is 0 Å². The molecule has 5 heteroatoms. The Morgan fingerprint density at radius 3 is 2.47 bits per heavy atom. The first-order valence-electron chi connectivity index (χ1n) is 7.45. The van der Waals surface area contributed by atoms with Gasteiger partial charge in [0, 0.05) is 6.04 Å². The first-order valence-corrected chi connectivity index (χ1v) is 9.10. The molecule has 0 aromatic heterocycles. The van der Waals surface area contributed by atoms with Gasteiger partial charge in [-0.25, -0.2) is 13.1 Å². The zero-order valence-corrected chi connectivity index (χ0v) is 12.1. The Hall–Kier alpha value is -0.600. The van der Waals surface area contributed by atoms with E-state index in [-0.39, 0.29) is 11.8 Å². The molecule has 19 heavy (non-hydrogen) atoms. The van der Waals surface area contributed by atoms with E-state index in [0.29, 0.717) is 5.92 Å². The summed E-state index contributed by atoms with van der Waals surface area (Å²) in [6.07, 6.45) is 8.96. The van der Waals surface area contributed by atoms with E-state index in [1.165, 1.54) is 32.1 Å². The van der Waals surface area contributed by atoms with Crippen LogP contribution < -0.4 is 4.72 Å². The number of nitriles is 1. The van der Waals surface area contributed by atoms with Crippen molar-refractivity contribution < 1.29 is 8.42 Å². The molecule has 0 bridgehead atoms. The van der Waals surface area contributed by atoms with Crippen molar-refractivity contribution in [2.45, 2.75) is 57.4 Å². The van der Waals surface area contributed by atoms with Crippen LogP contribution in [0.3, 0.4) is 0 Å². The van der Waals surface area contributed by atoms with E-state index in [9.17, 15) is 8.42 Å². The lowest BCUT2D eigenvalue weighted by atomic mass is 9.86. The van der Waals surface area contributed by atoms with Gasteiger partial charge in [-0.2, -0.15) is 5.26 Å². The quantitative estimate of drug-likeness (QED) is 0.840. The van der Waals surface area contributed by atoms with Gasteiger partial charge >= 0.3 is 0 Å². The van der Waals surface area contributed by atoms with Crippen molar-refractivity contribution in [1.82, 2.24) is 4.72 Å². The third-order valence-corrected chi connectivity index (χ3v) is 6.58. The fraction of sp³-hybridized carbons (Fsp3) is 0.929. The van der Waals surface area contributed by atoms with Crippen LogP contribution in [0.1, 0.15) is 51.4 Å². The Labute approximate surface area is 115 Å². The normalized spacial score (nSPS) is 33.6. The monoisotopic (exact) mass is 282 g/mol. The molecule has 0 amide bonds. The summed E-state index contributed by atoms with van der Waals surface area (Å²) in [7, 11) is -3.27. The molecule has 0 spiro atoms. The second kappa shape index (κ2) is 4.75. The van der Waals surface area contributed by atoms with Crippen molar-refractivity contribution in [3.8, 4) is 6.07 Å². The molecule has 3 fully saturated rings. The second-order valence-corrected chi connectivity index (χ2v) is 8.43. The van der Waals surface area contributed by atoms with E-state index in [1.54, 1.807) is 0 Å². The molecule has 0 aromatic carbocycles. The molecule has 106 valence electrons. The van der Waals surface area contributed by atoms with Gasteiger partial charge in [0.25, 0.3) is 0 Å². The smallest absolute Gasteiger partial charge is 0.212 e. The van der Waals surface area contributed by atoms with Crippen molar-refractivity contribution in [2.24, 2.45) is 17.3 Å². The van der Waals surface area contributed by atoms with Crippen LogP contribution in [0.15, 0.2) is 0 Å². The van der Waals surface area contributed by atoms with E-state index in [4.69, 9.17) is 5.26 Å². The fourth-order valence-electron chi connectivity index (χ4n) is 3.51. The summed E-state index contributed by atoms with van der Waals surface area (Å²) in [5, 5.41) is 8.98. The molecule has 3 aliphatic rings. The average Bonchev–Trinajstić information content (AvgIpc) is 3.28. The molecule has 3 saturated carbocycles. The highest BCUT2D eigenvalue weighted by Crippen LogP contribution is 2.47. The third-order valence-electron chi connectivity index (χ3n) is 4.98. The summed E-state index contributed by atoms with van der Waals surface area (Å²) in [5.41, 5.74) is -0.568. The maximum atomic E-state index is 12.1. The lowest BCUT2D eigenvalue weighted by molar-refractivity contribution is 0.316. The van der Waals surface area contributed by atoms with E-state index in [1.807, 2.05) is 0 Å². The lowest BCUT2D eigenvalue weighted by Gasteiger charge is -2.21. The molecule has 2 atom stereocenters. The van der Waals surface area contributed by atoms with Gasteiger partial charge in [0.15, 0.2) is 0 Å². The van der Waals surface area contributed by atoms with Crippen LogP contribution in [-0.4, -0.2) is 20.2 Å². The minimum Gasteiger partial charge on any atom is -0.212 e. The first-order chi connectivity index (χ1) is 9.04. The summed E-state index contributed by atoms with van der Waals surface area (Å²) in [6.45, 7) is 0. The summed E-state index contributed by atoms with van der Waals surface area (Å²) in [4.78, 5) is 0. The molecule has 1 N–H and O–H groups in total. The third kappa shape index (κ3) is 3.11. The highest BCUT2D eigenvalue weighted by molar-refractivity contribution is 7.89. The highest BCUT2D eigenvalue weighted by atomic mass is 32.2. The molecule has 4 nitrogen and oxygen atoms in total. The van der Waals surface area contributed by atoms with E-state index >= 15 is 0 Å². The van der Waals surface area contributed by atoms with Crippen LogP contribution in [0.5, 0.6) is 0 Å². The average molecular weight is 282 g/mol. The van der Waals surface area contributed by atoms with Crippen molar-refractivity contribution in [2.75, 3.05) is 5.75 Å². The Bertz CT molecular complexity index is 484. The zero-order chi connectivity index (χ0) is 13.5. The molecule has 3 rings (SSSR count). The fourth-order valence-corrected chi connectivity index (χ4v) is 5.41. The van der Waals surface area contributed by atoms with Crippen LogP contribution in [-0.2, 0) is 10.0 Å². The SMILES string of the molecule is N#CC1(CS(=O)(=O)N[C@H]2C[C@@H]2C2CCCCC2)CC1.